The molecule has 0 aromatic carbocycles. The first-order chi connectivity index (χ1) is 7.75. The SMILES string of the molecule is Cc1cnc(NCCc2cnc[nH]2)c(Br)c1. The van der Waals surface area contributed by atoms with Crippen molar-refractivity contribution in [1.29, 1.82) is 0 Å². The van der Waals surface area contributed by atoms with Gasteiger partial charge in [0, 0.05) is 31.1 Å². The number of hydrogen-bond acceptors (Lipinski definition) is 3. The van der Waals surface area contributed by atoms with E-state index in [0.717, 1.165) is 34.5 Å². The lowest BCUT2D eigenvalue weighted by atomic mass is 10.3. The fourth-order valence-electron chi connectivity index (χ4n) is 1.40. The first-order valence-electron chi connectivity index (χ1n) is 5.09. The minimum atomic E-state index is 0.830. The fourth-order valence-corrected chi connectivity index (χ4v) is 2.00. The van der Waals surface area contributed by atoms with Gasteiger partial charge in [0.2, 0.25) is 0 Å². The minimum Gasteiger partial charge on any atom is -0.369 e. The van der Waals surface area contributed by atoms with E-state index in [1.165, 1.54) is 0 Å². The van der Waals surface area contributed by atoms with Crippen molar-refractivity contribution in [2.24, 2.45) is 0 Å². The van der Waals surface area contributed by atoms with Gasteiger partial charge < -0.3 is 10.3 Å². The first kappa shape index (κ1) is 11.1. The topological polar surface area (TPSA) is 53.6 Å². The molecule has 2 rings (SSSR count). The van der Waals surface area contributed by atoms with Crippen molar-refractivity contribution in [2.45, 2.75) is 13.3 Å². The van der Waals surface area contributed by atoms with Gasteiger partial charge in [-0.05, 0) is 34.5 Å². The monoisotopic (exact) mass is 280 g/mol. The van der Waals surface area contributed by atoms with E-state index in [4.69, 9.17) is 0 Å². The predicted molar refractivity (Wildman–Crippen MR) is 67.5 cm³/mol. The zero-order valence-corrected chi connectivity index (χ0v) is 10.6. The summed E-state index contributed by atoms with van der Waals surface area (Å²) in [6, 6.07) is 2.05. The highest BCUT2D eigenvalue weighted by Gasteiger charge is 2.01. The van der Waals surface area contributed by atoms with Gasteiger partial charge in [-0.3, -0.25) is 0 Å². The van der Waals surface area contributed by atoms with Crippen LogP contribution in [-0.4, -0.2) is 21.5 Å². The molecule has 0 spiro atoms. The van der Waals surface area contributed by atoms with Gasteiger partial charge in [-0.25, -0.2) is 9.97 Å². The van der Waals surface area contributed by atoms with Crippen LogP contribution in [0.25, 0.3) is 0 Å². The second kappa shape index (κ2) is 5.12. The predicted octanol–water partition coefficient (Wildman–Crippen LogP) is 2.53. The second-order valence-electron chi connectivity index (χ2n) is 3.60. The Labute approximate surface area is 103 Å². The molecule has 0 bridgehead atoms. The van der Waals surface area contributed by atoms with Crippen LogP contribution in [0.3, 0.4) is 0 Å². The average Bonchev–Trinajstić information content (AvgIpc) is 2.74. The van der Waals surface area contributed by atoms with E-state index in [-0.39, 0.29) is 0 Å². The zero-order valence-electron chi connectivity index (χ0n) is 9.00. The van der Waals surface area contributed by atoms with Crippen molar-refractivity contribution in [3.8, 4) is 0 Å². The van der Waals surface area contributed by atoms with Gasteiger partial charge in [-0.1, -0.05) is 0 Å². The molecule has 4 nitrogen and oxygen atoms in total. The van der Waals surface area contributed by atoms with Gasteiger partial charge in [0.1, 0.15) is 5.82 Å². The van der Waals surface area contributed by atoms with Crippen molar-refractivity contribution in [2.75, 3.05) is 11.9 Å². The summed E-state index contributed by atoms with van der Waals surface area (Å²) in [4.78, 5) is 11.3. The van der Waals surface area contributed by atoms with Gasteiger partial charge in [0.15, 0.2) is 0 Å². The maximum absolute atomic E-state index is 4.31. The largest absolute Gasteiger partial charge is 0.369 e. The summed E-state index contributed by atoms with van der Waals surface area (Å²) in [7, 11) is 0. The Morgan fingerprint density at radius 2 is 2.31 bits per heavy atom. The Morgan fingerprint density at radius 1 is 1.44 bits per heavy atom. The molecule has 0 aliphatic carbocycles. The Kier molecular flexibility index (Phi) is 3.56. The smallest absolute Gasteiger partial charge is 0.140 e. The third-order valence-electron chi connectivity index (χ3n) is 2.22. The van der Waals surface area contributed by atoms with Crippen LogP contribution >= 0.6 is 15.9 Å². The quantitative estimate of drug-likeness (QED) is 0.905. The van der Waals surface area contributed by atoms with Gasteiger partial charge in [-0.2, -0.15) is 0 Å². The van der Waals surface area contributed by atoms with E-state index in [1.54, 1.807) is 6.33 Å². The van der Waals surface area contributed by atoms with Crippen LogP contribution in [0, 0.1) is 6.92 Å². The van der Waals surface area contributed by atoms with Crippen molar-refractivity contribution in [3.63, 3.8) is 0 Å². The van der Waals surface area contributed by atoms with E-state index in [1.807, 2.05) is 25.4 Å². The van der Waals surface area contributed by atoms with E-state index in [2.05, 4.69) is 36.2 Å². The molecule has 0 radical (unpaired) electrons. The third kappa shape index (κ3) is 2.82. The van der Waals surface area contributed by atoms with Crippen molar-refractivity contribution in [1.82, 2.24) is 15.0 Å². The van der Waals surface area contributed by atoms with Crippen LogP contribution in [0.1, 0.15) is 11.3 Å². The number of nitrogens with one attached hydrogen (secondary N) is 2. The number of nitrogens with zero attached hydrogens (tertiary/aromatic N) is 2. The van der Waals surface area contributed by atoms with Gasteiger partial charge >= 0.3 is 0 Å². The number of aryl methyl sites for hydroxylation is 1. The number of H-pyrrole nitrogens is 1. The number of hydrogen-bond donors (Lipinski definition) is 2. The van der Waals surface area contributed by atoms with E-state index >= 15 is 0 Å². The number of pyridine rings is 1. The third-order valence-corrected chi connectivity index (χ3v) is 2.82. The second-order valence-corrected chi connectivity index (χ2v) is 4.45. The molecule has 2 N–H and O–H groups in total. The van der Waals surface area contributed by atoms with Crippen LogP contribution in [0.15, 0.2) is 29.3 Å². The summed E-state index contributed by atoms with van der Waals surface area (Å²) in [6.07, 6.45) is 6.28. The average molecular weight is 281 g/mol. The number of aromatic nitrogens is 3. The molecule has 0 aliphatic rings. The Morgan fingerprint density at radius 3 is 3.00 bits per heavy atom. The number of rotatable bonds is 4. The Bertz CT molecular complexity index is 453. The van der Waals surface area contributed by atoms with Gasteiger partial charge in [0.25, 0.3) is 0 Å². The fraction of sp³-hybridized carbons (Fsp3) is 0.273. The number of aromatic amines is 1. The lowest BCUT2D eigenvalue weighted by Gasteiger charge is -2.07. The molecule has 2 heterocycles. The molecular formula is C11H13BrN4. The molecule has 84 valence electrons. The highest BCUT2D eigenvalue weighted by Crippen LogP contribution is 2.20. The normalized spacial score (nSPS) is 10.4. The molecule has 0 unspecified atom stereocenters. The zero-order chi connectivity index (χ0) is 11.4. The molecule has 0 saturated carbocycles. The lowest BCUT2D eigenvalue weighted by molar-refractivity contribution is 0.965. The summed E-state index contributed by atoms with van der Waals surface area (Å²) in [5.74, 6) is 0.880. The van der Waals surface area contributed by atoms with Crippen molar-refractivity contribution >= 4 is 21.7 Å². The molecule has 2 aromatic rings. The van der Waals surface area contributed by atoms with Crippen molar-refractivity contribution in [3.05, 3.63) is 40.5 Å². The van der Waals surface area contributed by atoms with E-state index in [0.29, 0.717) is 0 Å². The summed E-state index contributed by atoms with van der Waals surface area (Å²) in [5, 5.41) is 3.27. The maximum atomic E-state index is 4.31. The summed E-state index contributed by atoms with van der Waals surface area (Å²) < 4.78 is 0.997. The van der Waals surface area contributed by atoms with Crippen LogP contribution in [0.4, 0.5) is 5.82 Å². The maximum Gasteiger partial charge on any atom is 0.140 e. The molecule has 0 saturated heterocycles. The molecule has 0 atom stereocenters. The van der Waals surface area contributed by atoms with Crippen LogP contribution in [-0.2, 0) is 6.42 Å². The number of imidazole rings is 1. The standard InChI is InChI=1S/C11H13BrN4/c1-8-4-10(12)11(15-5-8)14-3-2-9-6-13-7-16-9/h4-7H,2-3H2,1H3,(H,13,16)(H,14,15). The molecular weight excluding hydrogens is 268 g/mol. The number of halogens is 1. The molecule has 2 aromatic heterocycles. The highest BCUT2D eigenvalue weighted by atomic mass is 79.9. The molecule has 0 amide bonds. The van der Waals surface area contributed by atoms with Crippen LogP contribution < -0.4 is 5.32 Å². The Hall–Kier alpha value is -1.36. The summed E-state index contributed by atoms with van der Waals surface area (Å²) in [6.45, 7) is 2.85. The highest BCUT2D eigenvalue weighted by molar-refractivity contribution is 9.10. The minimum absolute atomic E-state index is 0.830. The van der Waals surface area contributed by atoms with Crippen LogP contribution in [0.2, 0.25) is 0 Å². The van der Waals surface area contributed by atoms with Gasteiger partial charge in [0.05, 0.1) is 10.8 Å². The van der Waals surface area contributed by atoms with E-state index in [9.17, 15) is 0 Å². The molecule has 0 aliphatic heterocycles. The summed E-state index contributed by atoms with van der Waals surface area (Å²) >= 11 is 3.48. The summed E-state index contributed by atoms with van der Waals surface area (Å²) in [5.41, 5.74) is 2.27. The van der Waals surface area contributed by atoms with E-state index < -0.39 is 0 Å². The molecule has 5 heteroatoms. The Balaban J connectivity index is 1.90. The van der Waals surface area contributed by atoms with Crippen molar-refractivity contribution < 1.29 is 0 Å². The lowest BCUT2D eigenvalue weighted by Crippen LogP contribution is -2.07. The first-order valence-corrected chi connectivity index (χ1v) is 5.88. The number of anilines is 1. The molecule has 16 heavy (non-hydrogen) atoms. The van der Waals surface area contributed by atoms with Gasteiger partial charge in [-0.15, -0.1) is 0 Å². The molecule has 0 fully saturated rings. The van der Waals surface area contributed by atoms with Crippen LogP contribution in [0.5, 0.6) is 0 Å².